The van der Waals surface area contributed by atoms with Crippen molar-refractivity contribution in [1.29, 1.82) is 0 Å². The highest BCUT2D eigenvalue weighted by Gasteiger charge is 2.23. The molecule has 0 saturated heterocycles. The summed E-state index contributed by atoms with van der Waals surface area (Å²) < 4.78 is 36.1. The minimum Gasteiger partial charge on any atom is -0.460 e. The molecule has 0 radical (unpaired) electrons. The molecule has 0 bridgehead atoms. The Hall–Kier alpha value is -2.51. The van der Waals surface area contributed by atoms with E-state index >= 15 is 0 Å². The van der Waals surface area contributed by atoms with Crippen LogP contribution in [-0.4, -0.2) is 32.0 Å². The summed E-state index contributed by atoms with van der Waals surface area (Å²) in [5.74, 6) is -0.474. The normalized spacial score (nSPS) is 12.4. The summed E-state index contributed by atoms with van der Waals surface area (Å²) in [5, 5.41) is -0.270. The smallest absolute Gasteiger partial charge is 0.374 e. The highest BCUT2D eigenvalue weighted by molar-refractivity contribution is 8.01. The highest BCUT2D eigenvalue weighted by atomic mass is 32.2. The molecule has 0 spiro atoms. The Morgan fingerprint density at radius 2 is 1.76 bits per heavy atom. The van der Waals surface area contributed by atoms with E-state index in [1.807, 2.05) is 37.3 Å². The lowest BCUT2D eigenvalue weighted by Gasteiger charge is -2.17. The van der Waals surface area contributed by atoms with Crippen LogP contribution in [0.5, 0.6) is 0 Å². The molecule has 1 unspecified atom stereocenters. The molecule has 0 aliphatic carbocycles. The third-order valence-electron chi connectivity index (χ3n) is 4.23. The molecular formula is C22H22O5S2. The lowest BCUT2D eigenvalue weighted by molar-refractivity contribution is 0.0465. The molecule has 2 aromatic carbocycles. The molecule has 152 valence electrons. The first kappa shape index (κ1) is 21.2. The number of carbonyl (C=O) groups is 1. The quantitative estimate of drug-likeness (QED) is 0.360. The number of thioether (sulfide) groups is 1. The van der Waals surface area contributed by atoms with Crippen LogP contribution in [-0.2, 0) is 14.6 Å². The number of rotatable bonds is 9. The summed E-state index contributed by atoms with van der Waals surface area (Å²) in [7, 11) is -3.47. The molecule has 7 heteroatoms. The predicted molar refractivity (Wildman–Crippen MR) is 113 cm³/mol. The van der Waals surface area contributed by atoms with Crippen LogP contribution >= 0.6 is 11.8 Å². The number of sulfone groups is 1. The van der Waals surface area contributed by atoms with Crippen molar-refractivity contribution < 1.29 is 22.4 Å². The maximum absolute atomic E-state index is 12.9. The Bertz CT molecular complexity index is 1010. The van der Waals surface area contributed by atoms with Gasteiger partial charge in [0.05, 0.1) is 23.5 Å². The largest absolute Gasteiger partial charge is 0.460 e. The zero-order chi connectivity index (χ0) is 20.7. The molecule has 1 atom stereocenters. The van der Waals surface area contributed by atoms with Gasteiger partial charge in [0, 0.05) is 10.1 Å². The predicted octanol–water partition coefficient (Wildman–Crippen LogP) is 4.77. The maximum atomic E-state index is 12.9. The number of hydrogen-bond acceptors (Lipinski definition) is 6. The van der Waals surface area contributed by atoms with E-state index in [1.165, 1.54) is 24.1 Å². The molecular weight excluding hydrogens is 408 g/mol. The topological polar surface area (TPSA) is 73.6 Å². The van der Waals surface area contributed by atoms with E-state index in [0.717, 1.165) is 10.5 Å². The first-order chi connectivity index (χ1) is 13.9. The summed E-state index contributed by atoms with van der Waals surface area (Å²) in [6, 6.07) is 19.6. The molecule has 3 aromatic rings. The average Bonchev–Trinajstić information content (AvgIpc) is 3.24. The number of aryl methyl sites for hydroxylation is 1. The van der Waals surface area contributed by atoms with Crippen LogP contribution in [0.2, 0.25) is 0 Å². The number of furan rings is 1. The van der Waals surface area contributed by atoms with Crippen LogP contribution in [0.3, 0.4) is 0 Å². The molecule has 0 aliphatic heterocycles. The number of benzene rings is 2. The second kappa shape index (κ2) is 9.80. The lowest BCUT2D eigenvalue weighted by atomic mass is 10.2. The summed E-state index contributed by atoms with van der Waals surface area (Å²) >= 11 is 1.47. The van der Waals surface area contributed by atoms with Crippen molar-refractivity contribution in [2.75, 3.05) is 12.4 Å². The van der Waals surface area contributed by atoms with E-state index in [-0.39, 0.29) is 23.4 Å². The third-order valence-corrected chi connectivity index (χ3v) is 7.55. The molecule has 5 nitrogen and oxygen atoms in total. The van der Waals surface area contributed by atoms with Gasteiger partial charge < -0.3 is 9.15 Å². The van der Waals surface area contributed by atoms with Gasteiger partial charge >= 0.3 is 5.97 Å². The second-order valence-electron chi connectivity index (χ2n) is 6.55. The van der Waals surface area contributed by atoms with Crippen molar-refractivity contribution in [1.82, 2.24) is 0 Å². The van der Waals surface area contributed by atoms with E-state index in [9.17, 15) is 13.2 Å². The summed E-state index contributed by atoms with van der Waals surface area (Å²) in [6.45, 7) is 2.02. The standard InChI is InChI=1S/C22H22O5S2/c1-17-9-11-20(12-10-17)29(24,25)16-19(28-18-6-3-2-4-7-18)13-15-27-22(23)21-8-5-14-26-21/h2-12,14,19H,13,15-16H2,1H3. The number of ether oxygens (including phenoxy) is 1. The van der Waals surface area contributed by atoms with Crippen molar-refractivity contribution in [3.63, 3.8) is 0 Å². The number of esters is 1. The fourth-order valence-electron chi connectivity index (χ4n) is 2.70. The molecule has 3 rings (SSSR count). The van der Waals surface area contributed by atoms with Crippen molar-refractivity contribution >= 4 is 27.6 Å². The van der Waals surface area contributed by atoms with Gasteiger partial charge in [0.15, 0.2) is 9.84 Å². The molecule has 1 aromatic heterocycles. The fourth-order valence-corrected chi connectivity index (χ4v) is 5.83. The zero-order valence-electron chi connectivity index (χ0n) is 16.0. The molecule has 1 heterocycles. The minimum absolute atomic E-state index is 0.0477. The first-order valence-corrected chi connectivity index (χ1v) is 11.7. The van der Waals surface area contributed by atoms with Gasteiger partial charge in [-0.2, -0.15) is 0 Å². The number of hydrogen-bond donors (Lipinski definition) is 0. The Balaban J connectivity index is 1.68. The van der Waals surface area contributed by atoms with Gasteiger partial charge in [-0.1, -0.05) is 35.9 Å². The first-order valence-electron chi connectivity index (χ1n) is 9.16. The van der Waals surface area contributed by atoms with Gasteiger partial charge in [-0.3, -0.25) is 0 Å². The van der Waals surface area contributed by atoms with Gasteiger partial charge in [0.2, 0.25) is 5.76 Å². The van der Waals surface area contributed by atoms with Crippen LogP contribution in [0, 0.1) is 6.92 Å². The van der Waals surface area contributed by atoms with E-state index in [1.54, 1.807) is 30.3 Å². The Morgan fingerprint density at radius 3 is 2.41 bits per heavy atom. The van der Waals surface area contributed by atoms with Crippen molar-refractivity contribution in [3.05, 3.63) is 84.3 Å². The SMILES string of the molecule is Cc1ccc(S(=O)(=O)CC(CCOC(=O)c2ccco2)Sc2ccccc2)cc1. The second-order valence-corrected chi connectivity index (χ2v) is 9.96. The van der Waals surface area contributed by atoms with E-state index in [0.29, 0.717) is 11.3 Å². The van der Waals surface area contributed by atoms with Crippen LogP contribution in [0.1, 0.15) is 22.5 Å². The molecule has 0 N–H and O–H groups in total. The monoisotopic (exact) mass is 430 g/mol. The van der Waals surface area contributed by atoms with Gasteiger partial charge in [-0.15, -0.1) is 11.8 Å². The lowest BCUT2D eigenvalue weighted by Crippen LogP contribution is -2.21. The minimum atomic E-state index is -3.47. The number of carbonyl (C=O) groups excluding carboxylic acids is 1. The van der Waals surface area contributed by atoms with Gasteiger partial charge in [-0.05, 0) is 49.7 Å². The molecule has 0 saturated carbocycles. The van der Waals surface area contributed by atoms with Crippen LogP contribution in [0.15, 0.2) is 87.2 Å². The fraction of sp³-hybridized carbons (Fsp3) is 0.227. The molecule has 0 fully saturated rings. The molecule has 29 heavy (non-hydrogen) atoms. The maximum Gasteiger partial charge on any atom is 0.374 e. The summed E-state index contributed by atoms with van der Waals surface area (Å²) in [5.41, 5.74) is 1.00. The van der Waals surface area contributed by atoms with Crippen molar-refractivity contribution in [3.8, 4) is 0 Å². The zero-order valence-corrected chi connectivity index (χ0v) is 17.6. The van der Waals surface area contributed by atoms with Crippen molar-refractivity contribution in [2.24, 2.45) is 0 Å². The van der Waals surface area contributed by atoms with Crippen LogP contribution in [0.4, 0.5) is 0 Å². The third kappa shape index (κ3) is 6.24. The van der Waals surface area contributed by atoms with Crippen molar-refractivity contribution in [2.45, 2.75) is 28.4 Å². The van der Waals surface area contributed by atoms with Crippen LogP contribution < -0.4 is 0 Å². The molecule has 0 aliphatic rings. The van der Waals surface area contributed by atoms with Gasteiger partial charge in [0.1, 0.15) is 0 Å². The summed E-state index contributed by atoms with van der Waals surface area (Å²) in [4.78, 5) is 13.2. The van der Waals surface area contributed by atoms with E-state index in [2.05, 4.69) is 0 Å². The Morgan fingerprint density at radius 1 is 1.03 bits per heavy atom. The van der Waals surface area contributed by atoms with E-state index < -0.39 is 15.8 Å². The average molecular weight is 431 g/mol. The van der Waals surface area contributed by atoms with Gasteiger partial charge in [0.25, 0.3) is 0 Å². The van der Waals surface area contributed by atoms with Crippen LogP contribution in [0.25, 0.3) is 0 Å². The molecule has 0 amide bonds. The Labute approximate surface area is 175 Å². The van der Waals surface area contributed by atoms with E-state index in [4.69, 9.17) is 9.15 Å². The van der Waals surface area contributed by atoms with Gasteiger partial charge in [-0.25, -0.2) is 13.2 Å². The summed E-state index contributed by atoms with van der Waals surface area (Å²) in [6.07, 6.45) is 1.80. The Kier molecular flexibility index (Phi) is 7.17. The highest BCUT2D eigenvalue weighted by Crippen LogP contribution is 2.28.